The van der Waals surface area contributed by atoms with Gasteiger partial charge in [-0.1, -0.05) is 37.3 Å². The van der Waals surface area contributed by atoms with Gasteiger partial charge in [0.15, 0.2) is 0 Å². The zero-order valence-corrected chi connectivity index (χ0v) is 15.6. The van der Waals surface area contributed by atoms with Crippen LogP contribution in [0, 0.1) is 11.3 Å². The molecule has 2 aliphatic heterocycles. The first-order valence-electron chi connectivity index (χ1n) is 9.65. The molecule has 2 aromatic heterocycles. The number of hydrogen-bond acceptors (Lipinski definition) is 5. The van der Waals surface area contributed by atoms with E-state index in [9.17, 15) is 4.79 Å². The molecule has 0 radical (unpaired) electrons. The first kappa shape index (κ1) is 15.9. The lowest BCUT2D eigenvalue weighted by Crippen LogP contribution is -2.61. The topological polar surface area (TPSA) is 74.3 Å². The lowest BCUT2D eigenvalue weighted by molar-refractivity contribution is 0.0130. The van der Waals surface area contributed by atoms with E-state index < -0.39 is 0 Å². The van der Waals surface area contributed by atoms with Crippen LogP contribution in [0.15, 0.2) is 48.9 Å². The summed E-state index contributed by atoms with van der Waals surface area (Å²) >= 11 is 0. The number of nitrogens with zero attached hydrogens (tertiary/aromatic N) is 4. The summed E-state index contributed by atoms with van der Waals surface area (Å²) in [6.07, 6.45) is 3.28. The fourth-order valence-electron chi connectivity index (χ4n) is 5.56. The van der Waals surface area contributed by atoms with Crippen LogP contribution in [0.2, 0.25) is 0 Å². The number of aromatic amines is 1. The first-order chi connectivity index (χ1) is 13.6. The van der Waals surface area contributed by atoms with Crippen LogP contribution in [0.1, 0.15) is 12.5 Å². The minimum Gasteiger partial charge on any atom is -0.445 e. The van der Waals surface area contributed by atoms with E-state index >= 15 is 0 Å². The van der Waals surface area contributed by atoms with Gasteiger partial charge in [0, 0.05) is 37.2 Å². The highest BCUT2D eigenvalue weighted by Gasteiger charge is 2.88. The maximum absolute atomic E-state index is 12.8. The highest BCUT2D eigenvalue weighted by atomic mass is 16.6. The fraction of sp³-hybridized carbons (Fsp3) is 0.381. The van der Waals surface area contributed by atoms with Crippen LogP contribution in [0.4, 0.5) is 10.6 Å². The van der Waals surface area contributed by atoms with Crippen LogP contribution in [0.25, 0.3) is 11.0 Å². The lowest BCUT2D eigenvalue weighted by atomic mass is 9.89. The van der Waals surface area contributed by atoms with Crippen LogP contribution in [0.3, 0.4) is 0 Å². The fourth-order valence-corrected chi connectivity index (χ4v) is 5.56. The number of amides is 1. The van der Waals surface area contributed by atoms with Gasteiger partial charge in [-0.2, -0.15) is 0 Å². The summed E-state index contributed by atoms with van der Waals surface area (Å²) in [5, 5.41) is 1.03. The van der Waals surface area contributed by atoms with Crippen LogP contribution >= 0.6 is 0 Å². The summed E-state index contributed by atoms with van der Waals surface area (Å²) in [6, 6.07) is 11.8. The zero-order valence-electron chi connectivity index (χ0n) is 15.6. The summed E-state index contributed by atoms with van der Waals surface area (Å²) in [5.74, 6) is 1.41. The number of fused-ring (bicyclic) bond motifs is 2. The second kappa shape index (κ2) is 5.25. The number of rotatable bonds is 3. The molecule has 7 nitrogen and oxygen atoms in total. The van der Waals surface area contributed by atoms with Crippen LogP contribution in [-0.4, -0.2) is 51.1 Å². The quantitative estimate of drug-likeness (QED) is 0.762. The van der Waals surface area contributed by atoms with Crippen molar-refractivity contribution in [2.75, 3.05) is 24.5 Å². The van der Waals surface area contributed by atoms with E-state index in [1.807, 2.05) is 47.5 Å². The average Bonchev–Trinajstić information content (AvgIpc) is 3.22. The molecule has 1 aromatic carbocycles. The van der Waals surface area contributed by atoms with Crippen LogP contribution in [-0.2, 0) is 11.3 Å². The van der Waals surface area contributed by atoms with E-state index in [1.165, 1.54) is 0 Å². The second-order valence-corrected chi connectivity index (χ2v) is 8.34. The number of H-pyrrole nitrogens is 1. The molecule has 7 heteroatoms. The van der Waals surface area contributed by atoms with E-state index in [0.29, 0.717) is 12.5 Å². The molecule has 2 saturated heterocycles. The molecule has 1 spiro atoms. The van der Waals surface area contributed by atoms with E-state index in [4.69, 9.17) is 4.74 Å². The maximum Gasteiger partial charge on any atom is 0.410 e. The van der Waals surface area contributed by atoms with Gasteiger partial charge < -0.3 is 14.6 Å². The number of benzene rings is 1. The van der Waals surface area contributed by atoms with E-state index in [-0.39, 0.29) is 17.0 Å². The monoisotopic (exact) mass is 375 g/mol. The SMILES string of the molecule is C[C@]12CN(C(=O)OCc3ccccc3)[C@@]13CN(c1ncnc4[nH]ccc14)CC32. The van der Waals surface area contributed by atoms with E-state index in [1.54, 1.807) is 6.33 Å². The second-order valence-electron chi connectivity index (χ2n) is 8.34. The number of hydrogen-bond donors (Lipinski definition) is 1. The molecule has 1 unspecified atom stereocenters. The number of nitrogens with one attached hydrogen (secondary N) is 1. The number of likely N-dealkylation sites (tertiary alicyclic amines) is 1. The van der Waals surface area contributed by atoms with E-state index in [2.05, 4.69) is 26.8 Å². The van der Waals surface area contributed by atoms with Crippen molar-refractivity contribution < 1.29 is 9.53 Å². The summed E-state index contributed by atoms with van der Waals surface area (Å²) in [5.41, 5.74) is 1.94. The van der Waals surface area contributed by atoms with Gasteiger partial charge in [0.2, 0.25) is 0 Å². The third kappa shape index (κ3) is 1.86. The number of carbonyl (C=O) groups is 1. The molecule has 3 fully saturated rings. The molecule has 6 rings (SSSR count). The van der Waals surface area contributed by atoms with Gasteiger partial charge in [-0.3, -0.25) is 4.90 Å². The molecule has 3 atom stereocenters. The lowest BCUT2D eigenvalue weighted by Gasteiger charge is -2.46. The standard InChI is InChI=1S/C21H21N5O2/c1-20-11-26(19(27)28-10-14-5-3-2-4-6-14)21(20)12-25(9-16(20)21)18-15-7-8-22-17(15)23-13-24-18/h2-8,13,16H,9-12H2,1H3,(H,22,23,24)/t16?,20-,21-/m1/s1. The largest absolute Gasteiger partial charge is 0.445 e. The molecule has 3 aliphatic rings. The van der Waals surface area contributed by atoms with Gasteiger partial charge >= 0.3 is 6.09 Å². The minimum atomic E-state index is -0.208. The van der Waals surface area contributed by atoms with Crippen molar-refractivity contribution in [2.45, 2.75) is 19.1 Å². The Hall–Kier alpha value is -3.09. The molecule has 1 amide bonds. The third-order valence-electron chi connectivity index (χ3n) is 7.11. The smallest absolute Gasteiger partial charge is 0.410 e. The van der Waals surface area contributed by atoms with Gasteiger partial charge in [0.1, 0.15) is 24.4 Å². The predicted octanol–water partition coefficient (Wildman–Crippen LogP) is 2.81. The highest BCUT2D eigenvalue weighted by molar-refractivity contribution is 5.88. The molecular weight excluding hydrogens is 354 g/mol. The summed E-state index contributed by atoms with van der Waals surface area (Å²) in [7, 11) is 0. The molecule has 1 aliphatic carbocycles. The molecule has 28 heavy (non-hydrogen) atoms. The Balaban J connectivity index is 1.21. The first-order valence-corrected chi connectivity index (χ1v) is 9.65. The van der Waals surface area contributed by atoms with Crippen molar-refractivity contribution >= 4 is 22.9 Å². The van der Waals surface area contributed by atoms with Crippen molar-refractivity contribution in [2.24, 2.45) is 11.3 Å². The van der Waals surface area contributed by atoms with Gasteiger partial charge in [-0.25, -0.2) is 14.8 Å². The number of carbonyl (C=O) groups excluding carboxylic acids is 1. The van der Waals surface area contributed by atoms with Crippen molar-refractivity contribution in [1.29, 1.82) is 0 Å². The summed E-state index contributed by atoms with van der Waals surface area (Å²) in [6.45, 7) is 5.10. The number of piperidine rings is 1. The van der Waals surface area contributed by atoms with Gasteiger partial charge in [-0.15, -0.1) is 0 Å². The summed E-state index contributed by atoms with van der Waals surface area (Å²) in [4.78, 5) is 29.0. The predicted molar refractivity (Wildman–Crippen MR) is 104 cm³/mol. The number of ether oxygens (including phenoxy) is 1. The van der Waals surface area contributed by atoms with Gasteiger partial charge in [0.05, 0.1) is 10.9 Å². The Kier molecular flexibility index (Phi) is 2.98. The van der Waals surface area contributed by atoms with Crippen molar-refractivity contribution in [3.63, 3.8) is 0 Å². The Labute approximate surface area is 162 Å². The third-order valence-corrected chi connectivity index (χ3v) is 7.11. The van der Waals surface area contributed by atoms with Crippen molar-refractivity contribution in [3.05, 3.63) is 54.5 Å². The zero-order chi connectivity index (χ0) is 18.9. The average molecular weight is 375 g/mol. The highest BCUT2D eigenvalue weighted by Crippen LogP contribution is 2.76. The molecule has 3 aromatic rings. The number of aromatic nitrogens is 3. The van der Waals surface area contributed by atoms with E-state index in [0.717, 1.165) is 42.0 Å². The Bertz CT molecular complexity index is 1080. The maximum atomic E-state index is 12.8. The minimum absolute atomic E-state index is 0.117. The molecule has 4 heterocycles. The van der Waals surface area contributed by atoms with Crippen LogP contribution < -0.4 is 4.90 Å². The summed E-state index contributed by atoms with van der Waals surface area (Å²) < 4.78 is 5.61. The molecular formula is C21H21N5O2. The molecule has 142 valence electrons. The molecule has 0 bridgehead atoms. The molecule has 1 saturated carbocycles. The van der Waals surface area contributed by atoms with Crippen molar-refractivity contribution in [3.8, 4) is 0 Å². The normalized spacial score (nSPS) is 30.0. The Morgan fingerprint density at radius 1 is 1.25 bits per heavy atom. The Morgan fingerprint density at radius 3 is 2.96 bits per heavy atom. The van der Waals surface area contributed by atoms with Gasteiger partial charge in [-0.05, 0) is 11.6 Å². The molecule has 1 N–H and O–H groups in total. The Morgan fingerprint density at radius 2 is 2.11 bits per heavy atom. The van der Waals surface area contributed by atoms with Crippen molar-refractivity contribution in [1.82, 2.24) is 19.9 Å². The van der Waals surface area contributed by atoms with Gasteiger partial charge in [0.25, 0.3) is 0 Å². The van der Waals surface area contributed by atoms with Crippen LogP contribution in [0.5, 0.6) is 0 Å². The number of anilines is 1.